The first kappa shape index (κ1) is 20.1. The van der Waals surface area contributed by atoms with Crippen molar-refractivity contribution in [2.75, 3.05) is 13.2 Å². The smallest absolute Gasteiger partial charge is 0.262 e. The normalized spacial score (nSPS) is 12.0. The van der Waals surface area contributed by atoms with Crippen molar-refractivity contribution in [2.45, 2.75) is 26.8 Å². The Morgan fingerprint density at radius 3 is 2.41 bits per heavy atom. The number of ether oxygens (including phenoxy) is 2. The third-order valence-corrected chi connectivity index (χ3v) is 3.89. The number of carbonyl (C=O) groups excluding carboxylic acids is 1. The number of hydrogen-bond donors (Lipinski definition) is 1. The zero-order valence-electron chi connectivity index (χ0n) is 15.9. The van der Waals surface area contributed by atoms with Crippen LogP contribution in [0, 0.1) is 11.3 Å². The molecule has 2 rings (SSSR count). The Morgan fingerprint density at radius 2 is 1.78 bits per heavy atom. The molecule has 0 heterocycles. The van der Waals surface area contributed by atoms with Gasteiger partial charge in [-0.1, -0.05) is 36.4 Å². The maximum Gasteiger partial charge on any atom is 0.262 e. The summed E-state index contributed by atoms with van der Waals surface area (Å²) in [6.07, 6.45) is 1.55. The van der Waals surface area contributed by atoms with E-state index in [4.69, 9.17) is 9.47 Å². The molecule has 0 saturated carbocycles. The minimum absolute atomic E-state index is 0.0318. The highest BCUT2D eigenvalue weighted by atomic mass is 16.5. The highest BCUT2D eigenvalue weighted by Gasteiger charge is 2.14. The predicted octanol–water partition coefficient (Wildman–Crippen LogP) is 4.27. The molecule has 0 bridgehead atoms. The summed E-state index contributed by atoms with van der Waals surface area (Å²) in [7, 11) is 0. The SMILES string of the molecule is CCOc1ccc(C=C(C#N)C(=O)NC(C)c2ccccc2)cc1OCC. The standard InChI is InChI=1S/C22H24N2O3/c1-4-26-20-12-11-17(14-21(20)27-5-2)13-19(15-23)22(25)24-16(3)18-9-7-6-8-10-18/h6-14,16H,4-5H2,1-3H3,(H,24,25). The molecule has 1 N–H and O–H groups in total. The molecule has 0 aliphatic rings. The molecule has 2 aromatic rings. The lowest BCUT2D eigenvalue weighted by Crippen LogP contribution is -2.27. The molecule has 5 heteroatoms. The van der Waals surface area contributed by atoms with E-state index in [2.05, 4.69) is 5.32 Å². The number of benzene rings is 2. The highest BCUT2D eigenvalue weighted by molar-refractivity contribution is 6.01. The number of nitrogens with one attached hydrogen (secondary N) is 1. The fourth-order valence-electron chi connectivity index (χ4n) is 2.57. The van der Waals surface area contributed by atoms with Crippen LogP contribution in [-0.4, -0.2) is 19.1 Å². The molecular formula is C22H24N2O3. The molecule has 0 spiro atoms. The van der Waals surface area contributed by atoms with Gasteiger partial charge in [0.25, 0.3) is 5.91 Å². The second-order valence-corrected chi connectivity index (χ2v) is 5.85. The molecular weight excluding hydrogens is 340 g/mol. The van der Waals surface area contributed by atoms with Crippen LogP contribution in [0.15, 0.2) is 54.1 Å². The monoisotopic (exact) mass is 364 g/mol. The molecule has 2 aromatic carbocycles. The number of hydrogen-bond acceptors (Lipinski definition) is 4. The molecule has 0 saturated heterocycles. The van der Waals surface area contributed by atoms with Gasteiger partial charge in [-0.25, -0.2) is 0 Å². The zero-order valence-corrected chi connectivity index (χ0v) is 15.9. The Morgan fingerprint density at radius 1 is 1.11 bits per heavy atom. The molecule has 1 atom stereocenters. The first-order valence-electron chi connectivity index (χ1n) is 8.96. The van der Waals surface area contributed by atoms with Crippen LogP contribution in [0.25, 0.3) is 6.08 Å². The summed E-state index contributed by atoms with van der Waals surface area (Å²) in [4.78, 5) is 12.5. The summed E-state index contributed by atoms with van der Waals surface area (Å²) in [6, 6.07) is 16.7. The van der Waals surface area contributed by atoms with Crippen molar-refractivity contribution in [1.82, 2.24) is 5.32 Å². The average molecular weight is 364 g/mol. The van der Waals surface area contributed by atoms with Crippen LogP contribution in [0.2, 0.25) is 0 Å². The lowest BCUT2D eigenvalue weighted by atomic mass is 10.1. The highest BCUT2D eigenvalue weighted by Crippen LogP contribution is 2.29. The Balaban J connectivity index is 2.20. The van der Waals surface area contributed by atoms with Crippen LogP contribution in [0.3, 0.4) is 0 Å². The first-order valence-corrected chi connectivity index (χ1v) is 8.96. The lowest BCUT2D eigenvalue weighted by molar-refractivity contribution is -0.117. The van der Waals surface area contributed by atoms with Gasteiger partial charge in [0, 0.05) is 0 Å². The molecule has 27 heavy (non-hydrogen) atoms. The zero-order chi connectivity index (χ0) is 19.6. The molecule has 1 amide bonds. The summed E-state index contributed by atoms with van der Waals surface area (Å²) in [5, 5.41) is 12.3. The van der Waals surface area contributed by atoms with Gasteiger partial charge in [-0.05, 0) is 50.1 Å². The molecule has 0 fully saturated rings. The Hall–Kier alpha value is -3.26. The van der Waals surface area contributed by atoms with Crippen LogP contribution in [0.5, 0.6) is 11.5 Å². The van der Waals surface area contributed by atoms with Gasteiger partial charge in [0.1, 0.15) is 11.6 Å². The number of rotatable bonds is 8. The van der Waals surface area contributed by atoms with Gasteiger partial charge in [-0.2, -0.15) is 5.26 Å². The fraction of sp³-hybridized carbons (Fsp3) is 0.273. The van der Waals surface area contributed by atoms with Gasteiger partial charge in [-0.3, -0.25) is 4.79 Å². The molecule has 0 aliphatic carbocycles. The van der Waals surface area contributed by atoms with Crippen molar-refractivity contribution < 1.29 is 14.3 Å². The third-order valence-electron chi connectivity index (χ3n) is 3.89. The van der Waals surface area contributed by atoms with Crippen molar-refractivity contribution in [3.05, 3.63) is 65.2 Å². The second kappa shape index (κ2) is 10.0. The molecule has 5 nitrogen and oxygen atoms in total. The van der Waals surface area contributed by atoms with Crippen molar-refractivity contribution in [2.24, 2.45) is 0 Å². The quantitative estimate of drug-likeness (QED) is 0.561. The summed E-state index contributed by atoms with van der Waals surface area (Å²) in [5.74, 6) is 0.807. The summed E-state index contributed by atoms with van der Waals surface area (Å²) >= 11 is 0. The molecule has 1 unspecified atom stereocenters. The molecule has 0 radical (unpaired) electrons. The van der Waals surface area contributed by atoms with Gasteiger partial charge < -0.3 is 14.8 Å². The Labute approximate surface area is 160 Å². The van der Waals surface area contributed by atoms with Crippen LogP contribution in [0.1, 0.15) is 37.9 Å². The van der Waals surface area contributed by atoms with Gasteiger partial charge in [0.15, 0.2) is 11.5 Å². The number of carbonyl (C=O) groups is 1. The van der Waals surface area contributed by atoms with E-state index in [1.54, 1.807) is 24.3 Å². The van der Waals surface area contributed by atoms with Crippen molar-refractivity contribution >= 4 is 12.0 Å². The van der Waals surface area contributed by atoms with Gasteiger partial charge in [0.05, 0.1) is 19.3 Å². The maximum absolute atomic E-state index is 12.5. The van der Waals surface area contributed by atoms with E-state index in [-0.39, 0.29) is 11.6 Å². The number of amides is 1. The van der Waals surface area contributed by atoms with Crippen molar-refractivity contribution in [3.63, 3.8) is 0 Å². The predicted molar refractivity (Wildman–Crippen MR) is 105 cm³/mol. The van der Waals surface area contributed by atoms with E-state index in [9.17, 15) is 10.1 Å². The maximum atomic E-state index is 12.5. The molecule has 140 valence electrons. The summed E-state index contributed by atoms with van der Waals surface area (Å²) in [6.45, 7) is 6.69. The first-order chi connectivity index (χ1) is 13.1. The van der Waals surface area contributed by atoms with Crippen molar-refractivity contribution in [1.29, 1.82) is 5.26 Å². The summed E-state index contributed by atoms with van der Waals surface area (Å²) in [5.41, 5.74) is 1.70. The van der Waals surface area contributed by atoms with E-state index in [0.29, 0.717) is 30.3 Å². The topological polar surface area (TPSA) is 71.3 Å². The van der Waals surface area contributed by atoms with E-state index in [1.807, 2.05) is 57.2 Å². The summed E-state index contributed by atoms with van der Waals surface area (Å²) < 4.78 is 11.1. The van der Waals surface area contributed by atoms with Gasteiger partial charge in [0.2, 0.25) is 0 Å². The molecule has 0 aromatic heterocycles. The van der Waals surface area contributed by atoms with E-state index >= 15 is 0 Å². The Bertz CT molecular complexity index is 838. The van der Waals surface area contributed by atoms with E-state index in [0.717, 1.165) is 5.56 Å². The van der Waals surface area contributed by atoms with Crippen molar-refractivity contribution in [3.8, 4) is 17.6 Å². The minimum atomic E-state index is -0.416. The largest absolute Gasteiger partial charge is 0.490 e. The average Bonchev–Trinajstić information content (AvgIpc) is 2.68. The number of nitriles is 1. The lowest BCUT2D eigenvalue weighted by Gasteiger charge is -2.14. The second-order valence-electron chi connectivity index (χ2n) is 5.85. The number of nitrogens with zero attached hydrogens (tertiary/aromatic N) is 1. The van der Waals surface area contributed by atoms with Crippen LogP contribution in [0.4, 0.5) is 0 Å². The fourth-order valence-corrected chi connectivity index (χ4v) is 2.57. The third kappa shape index (κ3) is 5.61. The van der Waals surface area contributed by atoms with Crippen LogP contribution >= 0.6 is 0 Å². The Kier molecular flexibility index (Phi) is 7.45. The minimum Gasteiger partial charge on any atom is -0.490 e. The van der Waals surface area contributed by atoms with E-state index < -0.39 is 5.91 Å². The van der Waals surface area contributed by atoms with Gasteiger partial charge in [-0.15, -0.1) is 0 Å². The van der Waals surface area contributed by atoms with E-state index in [1.165, 1.54) is 0 Å². The molecule has 0 aliphatic heterocycles. The van der Waals surface area contributed by atoms with Crippen LogP contribution < -0.4 is 14.8 Å². The van der Waals surface area contributed by atoms with Gasteiger partial charge >= 0.3 is 0 Å². The van der Waals surface area contributed by atoms with Crippen LogP contribution in [-0.2, 0) is 4.79 Å².